The van der Waals surface area contributed by atoms with Gasteiger partial charge in [0.1, 0.15) is 5.82 Å². The number of anilines is 1. The normalized spacial score (nSPS) is 22.9. The summed E-state index contributed by atoms with van der Waals surface area (Å²) in [6.07, 6.45) is -1.74. The molecule has 1 aliphatic heterocycles. The monoisotopic (exact) mass is 356 g/mol. The Morgan fingerprint density at radius 3 is 2.64 bits per heavy atom. The molecular weight excluding hydrogens is 339 g/mol. The molecule has 1 aromatic rings. The Balaban J connectivity index is 2.06. The Kier molecular flexibility index (Phi) is 4.12. The number of carbonyl (C=O) groups excluding carboxylic acids is 2. The summed E-state index contributed by atoms with van der Waals surface area (Å²) in [5.74, 6) is -1.53. The second kappa shape index (κ2) is 5.89. The van der Waals surface area contributed by atoms with Crippen molar-refractivity contribution in [1.82, 2.24) is 9.88 Å². The minimum atomic E-state index is -4.58. The van der Waals surface area contributed by atoms with Gasteiger partial charge in [0.05, 0.1) is 11.6 Å². The van der Waals surface area contributed by atoms with Crippen LogP contribution in [0.25, 0.3) is 0 Å². The molecule has 9 heteroatoms. The molecule has 1 saturated carbocycles. The smallest absolute Gasteiger partial charge is 0.416 e. The van der Waals surface area contributed by atoms with E-state index < -0.39 is 41.6 Å². The average Bonchev–Trinajstić information content (AvgIpc) is 2.48. The predicted octanol–water partition coefficient (Wildman–Crippen LogP) is 1.65. The van der Waals surface area contributed by atoms with E-state index in [1.54, 1.807) is 7.05 Å². The Morgan fingerprint density at radius 1 is 1.44 bits per heavy atom. The fourth-order valence-electron chi connectivity index (χ4n) is 3.81. The molecule has 1 atom stereocenters. The SMILES string of the molecule is CN1CC2(CCC2)C(CC(=O)[O-])N(c2cc(C(F)(F)F)ccn2)C1=O. The molecule has 0 N–H and O–H groups in total. The third kappa shape index (κ3) is 3.03. The number of rotatable bonds is 3. The van der Waals surface area contributed by atoms with Gasteiger partial charge in [-0.1, -0.05) is 6.42 Å². The second-order valence-corrected chi connectivity index (χ2v) is 6.72. The number of alkyl halides is 3. The highest BCUT2D eigenvalue weighted by Crippen LogP contribution is 2.50. The van der Waals surface area contributed by atoms with Crippen molar-refractivity contribution in [3.05, 3.63) is 23.9 Å². The zero-order valence-electron chi connectivity index (χ0n) is 13.5. The van der Waals surface area contributed by atoms with Crippen molar-refractivity contribution in [1.29, 1.82) is 0 Å². The number of carboxylic acid groups (broad SMARTS) is 1. The maximum atomic E-state index is 13.0. The number of aliphatic carboxylic acids is 1. The number of carboxylic acids is 1. The lowest BCUT2D eigenvalue weighted by atomic mass is 9.61. The van der Waals surface area contributed by atoms with Gasteiger partial charge in [0.2, 0.25) is 0 Å². The van der Waals surface area contributed by atoms with E-state index in [0.29, 0.717) is 19.4 Å². The molecule has 2 aliphatic rings. The minimum Gasteiger partial charge on any atom is -0.550 e. The Labute approximate surface area is 142 Å². The quantitative estimate of drug-likeness (QED) is 0.825. The minimum absolute atomic E-state index is 0.191. The van der Waals surface area contributed by atoms with Gasteiger partial charge in [0, 0.05) is 37.6 Å². The molecule has 1 spiro atoms. The van der Waals surface area contributed by atoms with Crippen LogP contribution in [0.3, 0.4) is 0 Å². The van der Waals surface area contributed by atoms with Gasteiger partial charge < -0.3 is 14.8 Å². The van der Waals surface area contributed by atoms with Crippen molar-refractivity contribution in [2.75, 3.05) is 18.5 Å². The number of pyridine rings is 1. The maximum Gasteiger partial charge on any atom is 0.416 e. The van der Waals surface area contributed by atoms with Gasteiger partial charge >= 0.3 is 12.2 Å². The highest BCUT2D eigenvalue weighted by atomic mass is 19.4. The van der Waals surface area contributed by atoms with Gasteiger partial charge in [-0.2, -0.15) is 13.2 Å². The van der Waals surface area contributed by atoms with E-state index in [2.05, 4.69) is 4.98 Å². The Bertz CT molecular complexity index is 703. The lowest BCUT2D eigenvalue weighted by molar-refractivity contribution is -0.306. The van der Waals surface area contributed by atoms with Gasteiger partial charge in [0.25, 0.3) is 0 Å². The van der Waals surface area contributed by atoms with Crippen LogP contribution < -0.4 is 10.0 Å². The van der Waals surface area contributed by atoms with E-state index in [4.69, 9.17) is 0 Å². The number of nitrogens with zero attached hydrogens (tertiary/aromatic N) is 3. The molecular formula is C16H17F3N3O3-. The lowest BCUT2D eigenvalue weighted by Crippen LogP contribution is -2.66. The first-order chi connectivity index (χ1) is 11.6. The summed E-state index contributed by atoms with van der Waals surface area (Å²) in [4.78, 5) is 30.3. The van der Waals surface area contributed by atoms with Gasteiger partial charge in [-0.05, 0) is 25.0 Å². The highest BCUT2D eigenvalue weighted by molar-refractivity contribution is 5.93. The molecule has 1 saturated heterocycles. The Morgan fingerprint density at radius 2 is 2.12 bits per heavy atom. The molecule has 2 fully saturated rings. The van der Waals surface area contributed by atoms with Crippen molar-refractivity contribution in [2.24, 2.45) is 5.41 Å². The second-order valence-electron chi connectivity index (χ2n) is 6.72. The van der Waals surface area contributed by atoms with Crippen LogP contribution in [-0.4, -0.2) is 41.5 Å². The first kappa shape index (κ1) is 17.5. The molecule has 1 unspecified atom stereocenters. The standard InChI is InChI=1S/C16H18F3N3O3/c1-21-9-15(4-2-5-15)11(8-13(23)24)22(14(21)25)12-7-10(3-6-20-12)16(17,18)19/h3,6-7,11H,2,4-5,8-9H2,1H3,(H,23,24)/p-1. The molecule has 6 nitrogen and oxygen atoms in total. The number of halogens is 3. The number of amides is 2. The van der Waals surface area contributed by atoms with Gasteiger partial charge in [0.15, 0.2) is 0 Å². The summed E-state index contributed by atoms with van der Waals surface area (Å²) >= 11 is 0. The molecule has 3 rings (SSSR count). The predicted molar refractivity (Wildman–Crippen MR) is 79.4 cm³/mol. The van der Waals surface area contributed by atoms with Gasteiger partial charge in [-0.3, -0.25) is 4.90 Å². The zero-order chi connectivity index (χ0) is 18.4. The van der Waals surface area contributed by atoms with Crippen molar-refractivity contribution in [3.63, 3.8) is 0 Å². The van der Waals surface area contributed by atoms with Crippen LogP contribution in [0.5, 0.6) is 0 Å². The first-order valence-electron chi connectivity index (χ1n) is 7.91. The zero-order valence-corrected chi connectivity index (χ0v) is 13.5. The van der Waals surface area contributed by atoms with Crippen molar-refractivity contribution < 1.29 is 27.9 Å². The molecule has 25 heavy (non-hydrogen) atoms. The maximum absolute atomic E-state index is 13.0. The fraction of sp³-hybridized carbons (Fsp3) is 0.562. The lowest BCUT2D eigenvalue weighted by Gasteiger charge is -2.57. The molecule has 1 aromatic heterocycles. The van der Waals surface area contributed by atoms with Crippen LogP contribution in [0.1, 0.15) is 31.2 Å². The largest absolute Gasteiger partial charge is 0.550 e. The summed E-state index contributed by atoms with van der Waals surface area (Å²) in [6.45, 7) is 0.374. The summed E-state index contributed by atoms with van der Waals surface area (Å²) in [7, 11) is 1.55. The number of hydrogen-bond acceptors (Lipinski definition) is 4. The van der Waals surface area contributed by atoms with Crippen molar-refractivity contribution >= 4 is 17.8 Å². The topological polar surface area (TPSA) is 76.6 Å². The first-order valence-corrected chi connectivity index (χ1v) is 7.91. The van der Waals surface area contributed by atoms with E-state index in [1.165, 1.54) is 4.90 Å². The van der Waals surface area contributed by atoms with Crippen LogP contribution in [-0.2, 0) is 11.0 Å². The van der Waals surface area contributed by atoms with E-state index in [1.807, 2.05) is 0 Å². The summed E-state index contributed by atoms with van der Waals surface area (Å²) in [6, 6.07) is 0.266. The third-order valence-corrected chi connectivity index (χ3v) is 5.13. The summed E-state index contributed by atoms with van der Waals surface area (Å²) < 4.78 is 39.0. The molecule has 0 bridgehead atoms. The van der Waals surface area contributed by atoms with Gasteiger partial charge in [-0.15, -0.1) is 0 Å². The van der Waals surface area contributed by atoms with Crippen LogP contribution >= 0.6 is 0 Å². The average molecular weight is 356 g/mol. The molecule has 2 amide bonds. The number of urea groups is 1. The van der Waals surface area contributed by atoms with E-state index in [-0.39, 0.29) is 5.82 Å². The third-order valence-electron chi connectivity index (χ3n) is 5.13. The molecule has 0 aromatic carbocycles. The van der Waals surface area contributed by atoms with Crippen LogP contribution in [0.4, 0.5) is 23.8 Å². The number of carbonyl (C=O) groups is 2. The van der Waals surface area contributed by atoms with E-state index in [0.717, 1.165) is 29.7 Å². The van der Waals surface area contributed by atoms with Crippen molar-refractivity contribution in [3.8, 4) is 0 Å². The molecule has 136 valence electrons. The number of hydrogen-bond donors (Lipinski definition) is 0. The summed E-state index contributed by atoms with van der Waals surface area (Å²) in [5, 5.41) is 11.2. The van der Waals surface area contributed by atoms with E-state index in [9.17, 15) is 27.9 Å². The molecule has 2 heterocycles. The molecule has 1 aliphatic carbocycles. The van der Waals surface area contributed by atoms with E-state index >= 15 is 0 Å². The molecule has 0 radical (unpaired) electrons. The Hall–Kier alpha value is -2.32. The van der Waals surface area contributed by atoms with Crippen molar-refractivity contribution in [2.45, 2.75) is 37.9 Å². The van der Waals surface area contributed by atoms with Gasteiger partial charge in [-0.25, -0.2) is 9.78 Å². The fourth-order valence-corrected chi connectivity index (χ4v) is 3.81. The summed E-state index contributed by atoms with van der Waals surface area (Å²) in [5.41, 5.74) is -1.40. The highest BCUT2D eigenvalue weighted by Gasteiger charge is 2.53. The van der Waals surface area contributed by atoms with Crippen LogP contribution in [0, 0.1) is 5.41 Å². The number of aromatic nitrogens is 1. The van der Waals surface area contributed by atoms with Crippen LogP contribution in [0.2, 0.25) is 0 Å². The van der Waals surface area contributed by atoms with Crippen LogP contribution in [0.15, 0.2) is 18.3 Å².